The van der Waals surface area contributed by atoms with E-state index in [-0.39, 0.29) is 35.9 Å². The lowest BCUT2D eigenvalue weighted by Crippen LogP contribution is -2.53. The second-order valence-corrected chi connectivity index (χ2v) is 9.30. The lowest BCUT2D eigenvalue weighted by molar-refractivity contribution is -0.380. The molecule has 1 heterocycles. The molecule has 0 unspecified atom stereocenters. The van der Waals surface area contributed by atoms with Crippen LogP contribution in [0.4, 0.5) is 5.00 Å². The molecule has 1 aromatic rings. The van der Waals surface area contributed by atoms with Crippen molar-refractivity contribution in [3.63, 3.8) is 0 Å². The summed E-state index contributed by atoms with van der Waals surface area (Å²) in [4.78, 5) is 34.9. The highest BCUT2D eigenvalue weighted by molar-refractivity contribution is 7.13. The SMILES string of the molecule is O=C(CCNC(=O)C12CC3CC(CC(C3)C1)C2)OCc1csc([N+](=O)[O-])c1. The Morgan fingerprint density at radius 3 is 2.41 bits per heavy atom. The van der Waals surface area contributed by atoms with Gasteiger partial charge in [-0.15, -0.1) is 0 Å². The highest BCUT2D eigenvalue weighted by atomic mass is 32.1. The molecule has 5 rings (SSSR count). The van der Waals surface area contributed by atoms with Crippen LogP contribution in [0.1, 0.15) is 50.5 Å². The smallest absolute Gasteiger partial charge is 0.324 e. The number of carbonyl (C=O) groups is 2. The van der Waals surface area contributed by atoms with E-state index in [1.807, 2.05) is 0 Å². The number of thiophene rings is 1. The molecule has 4 fully saturated rings. The maximum absolute atomic E-state index is 12.8. The molecule has 0 saturated heterocycles. The average molecular weight is 392 g/mol. The molecular formula is C19H24N2O5S. The van der Waals surface area contributed by atoms with E-state index in [1.54, 1.807) is 5.38 Å². The van der Waals surface area contributed by atoms with Gasteiger partial charge in [0.25, 0.3) is 0 Å². The van der Waals surface area contributed by atoms with Gasteiger partial charge in [0.2, 0.25) is 5.91 Å². The monoisotopic (exact) mass is 392 g/mol. The minimum atomic E-state index is -0.462. The maximum Gasteiger partial charge on any atom is 0.324 e. The van der Waals surface area contributed by atoms with Gasteiger partial charge in [0.05, 0.1) is 11.3 Å². The van der Waals surface area contributed by atoms with Crippen molar-refractivity contribution in [2.75, 3.05) is 6.54 Å². The van der Waals surface area contributed by atoms with Crippen LogP contribution in [-0.4, -0.2) is 23.3 Å². The molecule has 0 atom stereocenters. The van der Waals surface area contributed by atoms with Crippen LogP contribution in [-0.2, 0) is 20.9 Å². The molecule has 1 amide bonds. The van der Waals surface area contributed by atoms with Crippen molar-refractivity contribution in [2.45, 2.75) is 51.6 Å². The molecule has 4 aliphatic rings. The first-order valence-electron chi connectivity index (χ1n) is 9.59. The van der Waals surface area contributed by atoms with Gasteiger partial charge in [-0.05, 0) is 56.3 Å². The Balaban J connectivity index is 1.21. The minimum Gasteiger partial charge on any atom is -0.461 e. The van der Waals surface area contributed by atoms with Crippen LogP contribution in [0.15, 0.2) is 11.4 Å². The molecule has 0 radical (unpaired) electrons. The standard InChI is InChI=1S/C19H24N2O5S/c22-17(26-10-15-6-16(21(24)25)27-11-15)1-2-20-18(23)19-7-12-3-13(8-19)5-14(4-12)9-19/h6,11-14H,1-5,7-10H2,(H,20,23). The van der Waals surface area contributed by atoms with Crippen LogP contribution in [0.5, 0.6) is 0 Å². The first-order chi connectivity index (χ1) is 12.9. The molecule has 8 heteroatoms. The predicted molar refractivity (Wildman–Crippen MR) is 99.0 cm³/mol. The largest absolute Gasteiger partial charge is 0.461 e. The number of esters is 1. The van der Waals surface area contributed by atoms with E-state index >= 15 is 0 Å². The second-order valence-electron chi connectivity index (χ2n) is 8.41. The van der Waals surface area contributed by atoms with Crippen LogP contribution >= 0.6 is 11.3 Å². The molecule has 0 aliphatic heterocycles. The normalized spacial score (nSPS) is 30.9. The lowest BCUT2D eigenvalue weighted by Gasteiger charge is -2.55. The molecule has 4 saturated carbocycles. The van der Waals surface area contributed by atoms with E-state index < -0.39 is 10.9 Å². The molecular weight excluding hydrogens is 368 g/mol. The Labute approximate surface area is 161 Å². The zero-order valence-electron chi connectivity index (χ0n) is 15.1. The lowest BCUT2D eigenvalue weighted by atomic mass is 9.49. The van der Waals surface area contributed by atoms with E-state index in [0.717, 1.165) is 30.6 Å². The van der Waals surface area contributed by atoms with Crippen molar-refractivity contribution in [3.05, 3.63) is 27.1 Å². The van der Waals surface area contributed by atoms with Gasteiger partial charge in [0, 0.05) is 29.0 Å². The number of rotatable bonds is 7. The minimum absolute atomic E-state index is 0.0199. The summed E-state index contributed by atoms with van der Waals surface area (Å²) in [5.74, 6) is 1.84. The third-order valence-electron chi connectivity index (χ3n) is 6.35. The van der Waals surface area contributed by atoms with E-state index in [1.165, 1.54) is 25.3 Å². The van der Waals surface area contributed by atoms with Gasteiger partial charge < -0.3 is 10.1 Å². The summed E-state index contributed by atoms with van der Waals surface area (Å²) in [7, 11) is 0. The fraction of sp³-hybridized carbons (Fsp3) is 0.684. The highest BCUT2D eigenvalue weighted by Crippen LogP contribution is 2.60. The zero-order valence-corrected chi connectivity index (χ0v) is 16.0. The number of carbonyl (C=O) groups excluding carboxylic acids is 2. The van der Waals surface area contributed by atoms with Gasteiger partial charge in [-0.1, -0.05) is 11.3 Å². The zero-order chi connectivity index (χ0) is 19.0. The first kappa shape index (κ1) is 18.4. The number of nitrogens with one attached hydrogen (secondary N) is 1. The summed E-state index contributed by atoms with van der Waals surface area (Å²) in [6, 6.07) is 1.41. The predicted octanol–water partition coefficient (Wildman–Crippen LogP) is 3.42. The van der Waals surface area contributed by atoms with E-state index in [4.69, 9.17) is 4.74 Å². The average Bonchev–Trinajstić information content (AvgIpc) is 3.08. The van der Waals surface area contributed by atoms with Crippen molar-refractivity contribution >= 4 is 28.2 Å². The van der Waals surface area contributed by atoms with E-state index in [0.29, 0.717) is 23.3 Å². The fourth-order valence-corrected chi connectivity index (χ4v) is 6.34. The van der Waals surface area contributed by atoms with Crippen LogP contribution in [0.3, 0.4) is 0 Å². The topological polar surface area (TPSA) is 98.5 Å². The molecule has 27 heavy (non-hydrogen) atoms. The molecule has 0 spiro atoms. The molecule has 1 aromatic heterocycles. The Bertz CT molecular complexity index is 724. The molecule has 146 valence electrons. The Morgan fingerprint density at radius 1 is 1.22 bits per heavy atom. The number of nitro groups is 1. The van der Waals surface area contributed by atoms with Crippen LogP contribution in [0.2, 0.25) is 0 Å². The molecule has 4 aliphatic carbocycles. The fourth-order valence-electron chi connectivity index (χ4n) is 5.62. The highest BCUT2D eigenvalue weighted by Gasteiger charge is 2.54. The number of hydrogen-bond donors (Lipinski definition) is 1. The second kappa shape index (κ2) is 7.22. The van der Waals surface area contributed by atoms with Crippen LogP contribution in [0.25, 0.3) is 0 Å². The molecule has 0 aromatic carbocycles. The summed E-state index contributed by atoms with van der Waals surface area (Å²) in [6.07, 6.45) is 7.01. The van der Waals surface area contributed by atoms with Crippen molar-refractivity contribution < 1.29 is 19.2 Å². The third kappa shape index (κ3) is 3.85. The van der Waals surface area contributed by atoms with Crippen molar-refractivity contribution in [3.8, 4) is 0 Å². The van der Waals surface area contributed by atoms with Gasteiger partial charge in [-0.25, -0.2) is 0 Å². The van der Waals surface area contributed by atoms with Gasteiger partial charge in [0.15, 0.2) is 0 Å². The number of nitrogens with zero attached hydrogens (tertiary/aromatic N) is 1. The summed E-state index contributed by atoms with van der Waals surface area (Å²) in [5, 5.41) is 15.3. The van der Waals surface area contributed by atoms with E-state index in [9.17, 15) is 19.7 Å². The Morgan fingerprint density at radius 2 is 1.85 bits per heavy atom. The van der Waals surface area contributed by atoms with E-state index in [2.05, 4.69) is 5.32 Å². The third-order valence-corrected chi connectivity index (χ3v) is 7.28. The van der Waals surface area contributed by atoms with Crippen molar-refractivity contribution in [1.82, 2.24) is 5.32 Å². The molecule has 7 nitrogen and oxygen atoms in total. The summed E-state index contributed by atoms with van der Waals surface area (Å²) >= 11 is 1.01. The Kier molecular flexibility index (Phi) is 4.92. The van der Waals surface area contributed by atoms with Crippen molar-refractivity contribution in [2.24, 2.45) is 23.2 Å². The molecule has 4 bridgehead atoms. The number of hydrogen-bond acceptors (Lipinski definition) is 6. The quantitative estimate of drug-likeness (QED) is 0.435. The van der Waals surface area contributed by atoms with Gasteiger partial charge in [0.1, 0.15) is 6.61 Å². The van der Waals surface area contributed by atoms with Gasteiger partial charge in [-0.2, -0.15) is 0 Å². The first-order valence-corrected chi connectivity index (χ1v) is 10.5. The maximum atomic E-state index is 12.8. The van der Waals surface area contributed by atoms with Gasteiger partial charge in [-0.3, -0.25) is 19.7 Å². The summed E-state index contributed by atoms with van der Waals surface area (Å²) in [5.41, 5.74) is 0.409. The van der Waals surface area contributed by atoms with Gasteiger partial charge >= 0.3 is 11.0 Å². The number of amides is 1. The summed E-state index contributed by atoms with van der Waals surface area (Å²) < 4.78 is 5.15. The Hall–Kier alpha value is -1.96. The molecule has 1 N–H and O–H groups in total. The van der Waals surface area contributed by atoms with Crippen LogP contribution < -0.4 is 5.32 Å². The summed E-state index contributed by atoms with van der Waals surface area (Å²) in [6.45, 7) is 0.301. The van der Waals surface area contributed by atoms with Crippen molar-refractivity contribution in [1.29, 1.82) is 0 Å². The number of ether oxygens (including phenoxy) is 1. The van der Waals surface area contributed by atoms with Crippen LogP contribution in [0, 0.1) is 33.3 Å².